The van der Waals surface area contributed by atoms with Crippen molar-refractivity contribution >= 4 is 33.4 Å². The van der Waals surface area contributed by atoms with Crippen LogP contribution in [0.2, 0.25) is 0 Å². The molecule has 0 nitrogen and oxygen atoms in total. The predicted molar refractivity (Wildman–Crippen MR) is 96.6 cm³/mol. The van der Waals surface area contributed by atoms with E-state index >= 15 is 17.6 Å². The highest BCUT2D eigenvalue weighted by Crippen LogP contribution is 2.59. The molecule has 2 aromatic carbocycles. The molecular weight excluding hydrogens is 380 g/mol. The molecule has 0 radical (unpaired) electrons. The first-order chi connectivity index (χ1) is 12.4. The summed E-state index contributed by atoms with van der Waals surface area (Å²) in [5.74, 6) is -6.38. The topological polar surface area (TPSA) is 0 Å². The molecule has 0 amide bonds. The highest BCUT2D eigenvalue weighted by molar-refractivity contribution is 7.14. The van der Waals surface area contributed by atoms with Crippen LogP contribution in [0.5, 0.6) is 0 Å². The van der Waals surface area contributed by atoms with Crippen LogP contribution in [0.25, 0.3) is 31.7 Å². The third kappa shape index (κ3) is 1.48. The lowest BCUT2D eigenvalue weighted by Gasteiger charge is -2.31. The second kappa shape index (κ2) is 4.38. The second-order valence-corrected chi connectivity index (χ2v) is 8.38. The molecule has 2 aliphatic rings. The van der Waals surface area contributed by atoms with E-state index in [9.17, 15) is 0 Å². The maximum absolute atomic E-state index is 15.1. The second-order valence-electron chi connectivity index (χ2n) is 6.55. The van der Waals surface area contributed by atoms with Crippen LogP contribution < -0.4 is 0 Å². The number of thiophene rings is 2. The molecule has 0 spiro atoms. The summed E-state index contributed by atoms with van der Waals surface area (Å²) >= 11 is 2.45. The summed E-state index contributed by atoms with van der Waals surface area (Å²) in [6.07, 6.45) is 0. The molecule has 26 heavy (non-hydrogen) atoms. The first kappa shape index (κ1) is 14.9. The van der Waals surface area contributed by atoms with Gasteiger partial charge in [0.2, 0.25) is 0 Å². The number of hydrogen-bond acceptors (Lipinski definition) is 2. The van der Waals surface area contributed by atoms with E-state index in [1.165, 1.54) is 46.9 Å². The number of alkyl halides is 4. The van der Waals surface area contributed by atoms with Gasteiger partial charge in [0.05, 0.1) is 0 Å². The molecule has 128 valence electrons. The fourth-order valence-electron chi connectivity index (χ4n) is 4.22. The lowest BCUT2D eigenvalue weighted by Crippen LogP contribution is -2.23. The molecule has 4 aromatic rings. The highest BCUT2D eigenvalue weighted by atomic mass is 32.1. The van der Waals surface area contributed by atoms with Crippen molar-refractivity contribution in [3.63, 3.8) is 0 Å². The van der Waals surface area contributed by atoms with E-state index in [0.29, 0.717) is 20.9 Å². The predicted octanol–water partition coefficient (Wildman–Crippen LogP) is 7.20. The summed E-state index contributed by atoms with van der Waals surface area (Å²) in [4.78, 5) is 0.929. The zero-order valence-corrected chi connectivity index (χ0v) is 14.6. The first-order valence-corrected chi connectivity index (χ1v) is 9.71. The van der Waals surface area contributed by atoms with Crippen molar-refractivity contribution in [1.29, 1.82) is 0 Å². The number of fused-ring (bicyclic) bond motifs is 4. The Bertz CT molecular complexity index is 1150. The number of halogens is 4. The minimum Gasteiger partial charge on any atom is -0.196 e. The maximum atomic E-state index is 15.1. The smallest absolute Gasteiger partial charge is 0.196 e. The van der Waals surface area contributed by atoms with Crippen LogP contribution in [0.1, 0.15) is 22.3 Å². The molecule has 6 heteroatoms. The van der Waals surface area contributed by atoms with Crippen molar-refractivity contribution in [1.82, 2.24) is 0 Å². The summed E-state index contributed by atoms with van der Waals surface area (Å²) < 4.78 is 60.5. The molecule has 6 rings (SSSR count). The van der Waals surface area contributed by atoms with Gasteiger partial charge in [0.15, 0.2) is 0 Å². The molecule has 2 aromatic heterocycles. The van der Waals surface area contributed by atoms with Crippen molar-refractivity contribution in [3.8, 4) is 20.9 Å². The Balaban J connectivity index is 1.89. The van der Waals surface area contributed by atoms with E-state index in [4.69, 9.17) is 0 Å². The van der Waals surface area contributed by atoms with Crippen molar-refractivity contribution in [2.24, 2.45) is 0 Å². The average Bonchev–Trinajstić information content (AvgIpc) is 3.28. The van der Waals surface area contributed by atoms with E-state index in [0.717, 1.165) is 0 Å². The van der Waals surface area contributed by atoms with Gasteiger partial charge in [-0.15, -0.1) is 22.7 Å². The number of benzene rings is 2. The van der Waals surface area contributed by atoms with Gasteiger partial charge in [-0.05, 0) is 22.9 Å². The molecule has 0 saturated carbocycles. The fraction of sp³-hybridized carbons (Fsp3) is 0.100. The van der Waals surface area contributed by atoms with Gasteiger partial charge in [-0.25, -0.2) is 0 Å². The Hall–Kier alpha value is -2.18. The third-order valence-electron chi connectivity index (χ3n) is 5.33. The van der Waals surface area contributed by atoms with Crippen LogP contribution in [-0.4, -0.2) is 0 Å². The van der Waals surface area contributed by atoms with E-state index in [1.54, 1.807) is 22.9 Å². The molecule has 0 unspecified atom stereocenters. The van der Waals surface area contributed by atoms with Crippen LogP contribution in [-0.2, 0) is 11.8 Å². The number of rotatable bonds is 0. The Morgan fingerprint density at radius 3 is 1.38 bits per heavy atom. The van der Waals surface area contributed by atoms with Gasteiger partial charge in [-0.2, -0.15) is 17.6 Å². The van der Waals surface area contributed by atoms with Crippen LogP contribution >= 0.6 is 22.7 Å². The van der Waals surface area contributed by atoms with Crippen molar-refractivity contribution in [3.05, 3.63) is 69.4 Å². The van der Waals surface area contributed by atoms with Crippen LogP contribution in [0.3, 0.4) is 0 Å². The quantitative estimate of drug-likeness (QED) is 0.279. The van der Waals surface area contributed by atoms with Gasteiger partial charge >= 0.3 is 0 Å². The molecule has 2 heterocycles. The van der Waals surface area contributed by atoms with E-state index < -0.39 is 11.8 Å². The largest absolute Gasteiger partial charge is 0.300 e. The molecule has 0 saturated heterocycles. The summed E-state index contributed by atoms with van der Waals surface area (Å²) in [5, 5.41) is 3.78. The monoisotopic (exact) mass is 388 g/mol. The summed E-state index contributed by atoms with van der Waals surface area (Å²) in [6.45, 7) is 0. The zero-order valence-electron chi connectivity index (χ0n) is 12.9. The standard InChI is InChI=1S/C20H8F4S2/c21-19(22)11-3-1-9-15-12(20(23,24)13-5-7-25-17(9)13)4-2-10(16(11)15)18-14(19)6-8-26-18/h1-8H. The van der Waals surface area contributed by atoms with Crippen LogP contribution in [0.15, 0.2) is 47.2 Å². The van der Waals surface area contributed by atoms with Gasteiger partial charge in [0.25, 0.3) is 11.8 Å². The minimum atomic E-state index is -3.19. The van der Waals surface area contributed by atoms with Crippen LogP contribution in [0, 0.1) is 0 Å². The molecule has 0 bridgehead atoms. The van der Waals surface area contributed by atoms with Gasteiger partial charge in [-0.3, -0.25) is 0 Å². The van der Waals surface area contributed by atoms with Crippen molar-refractivity contribution in [2.75, 3.05) is 0 Å². The van der Waals surface area contributed by atoms with Crippen molar-refractivity contribution in [2.45, 2.75) is 11.8 Å². The molecular formula is C20H8F4S2. The lowest BCUT2D eigenvalue weighted by atomic mass is 9.78. The van der Waals surface area contributed by atoms with Crippen molar-refractivity contribution < 1.29 is 17.6 Å². The Morgan fingerprint density at radius 2 is 0.962 bits per heavy atom. The summed E-state index contributed by atoms with van der Waals surface area (Å²) in [6, 6.07) is 8.79. The Kier molecular flexibility index (Phi) is 2.51. The molecule has 2 aliphatic carbocycles. The molecule has 0 aliphatic heterocycles. The van der Waals surface area contributed by atoms with Gasteiger partial charge in [-0.1, -0.05) is 24.3 Å². The normalized spacial score (nSPS) is 17.8. The molecule has 0 fully saturated rings. The minimum absolute atomic E-state index is 0.0440. The molecule has 0 atom stereocenters. The van der Waals surface area contributed by atoms with Crippen LogP contribution in [0.4, 0.5) is 17.6 Å². The number of hydrogen-bond donors (Lipinski definition) is 0. The van der Waals surface area contributed by atoms with E-state index in [2.05, 4.69) is 0 Å². The Labute approximate surface area is 153 Å². The maximum Gasteiger partial charge on any atom is 0.300 e. The van der Waals surface area contributed by atoms with Gasteiger partial charge < -0.3 is 0 Å². The summed E-state index contributed by atoms with van der Waals surface area (Å²) in [7, 11) is 0. The average molecular weight is 388 g/mol. The zero-order chi connectivity index (χ0) is 17.8. The Morgan fingerprint density at radius 1 is 0.538 bits per heavy atom. The van der Waals surface area contributed by atoms with Gasteiger partial charge in [0.1, 0.15) is 0 Å². The lowest BCUT2D eigenvalue weighted by molar-refractivity contribution is 0.0425. The molecule has 0 N–H and O–H groups in total. The SMILES string of the molecule is FC1(F)c2ccsc2-c2ccc3c4c(ccc1c24)-c1sccc1C3(F)F. The summed E-state index contributed by atoms with van der Waals surface area (Å²) in [5.41, 5.74) is 0.777. The van der Waals surface area contributed by atoms with Gasteiger partial charge in [0, 0.05) is 53.9 Å². The van der Waals surface area contributed by atoms with E-state index in [-0.39, 0.29) is 33.0 Å². The highest BCUT2D eigenvalue weighted by Gasteiger charge is 2.48. The fourth-order valence-corrected chi connectivity index (χ4v) is 6.14. The third-order valence-corrected chi connectivity index (χ3v) is 7.23. The first-order valence-electron chi connectivity index (χ1n) is 7.95. The van der Waals surface area contributed by atoms with E-state index in [1.807, 2.05) is 0 Å².